The van der Waals surface area contributed by atoms with E-state index in [1.807, 2.05) is 17.3 Å². The maximum absolute atomic E-state index is 4.32. The molecule has 23 heavy (non-hydrogen) atoms. The highest BCUT2D eigenvalue weighted by Gasteiger charge is 2.18. The number of hydrogen-bond acceptors (Lipinski definition) is 6. The molecule has 0 N–H and O–H groups in total. The highest BCUT2D eigenvalue weighted by Crippen LogP contribution is 2.10. The molecule has 1 aromatic rings. The average Bonchev–Trinajstić information content (AvgIpc) is 2.58. The van der Waals surface area contributed by atoms with Crippen molar-refractivity contribution >= 4 is 12.7 Å². The van der Waals surface area contributed by atoms with Crippen molar-refractivity contribution in [3.8, 4) is 0 Å². The van der Waals surface area contributed by atoms with Crippen LogP contribution in [0.5, 0.6) is 0 Å². The number of nitrogens with zero attached hydrogens (tertiary/aromatic N) is 6. The van der Waals surface area contributed by atoms with Gasteiger partial charge in [0.05, 0.1) is 0 Å². The first-order chi connectivity index (χ1) is 11.2. The maximum Gasteiger partial charge on any atom is 0.225 e. The summed E-state index contributed by atoms with van der Waals surface area (Å²) < 4.78 is 0. The molecule has 0 aromatic carbocycles. The summed E-state index contributed by atoms with van der Waals surface area (Å²) in [5.74, 6) is 0.849. The summed E-state index contributed by atoms with van der Waals surface area (Å²) in [5.41, 5.74) is 1.25. The lowest BCUT2D eigenvalue weighted by Crippen LogP contribution is -2.47. The van der Waals surface area contributed by atoms with Crippen LogP contribution in [0.3, 0.4) is 0 Å². The Kier molecular flexibility index (Phi) is 7.00. The first-order valence-corrected chi connectivity index (χ1v) is 8.31. The van der Waals surface area contributed by atoms with Gasteiger partial charge in [-0.15, -0.1) is 0 Å². The van der Waals surface area contributed by atoms with Crippen LogP contribution in [0.25, 0.3) is 0 Å². The molecule has 0 bridgehead atoms. The van der Waals surface area contributed by atoms with Crippen molar-refractivity contribution in [2.45, 2.75) is 26.7 Å². The fourth-order valence-electron chi connectivity index (χ4n) is 2.71. The standard InChI is InChI=1S/C17H28N6/c1-16(2)15-23(18-3)10-5-4-9-21-11-13-22(14-12-21)17-19-7-6-8-20-17/h6-8,15H,3-5,9-14H2,1-2H3. The molecule has 6 nitrogen and oxygen atoms in total. The van der Waals surface area contributed by atoms with Crippen molar-refractivity contribution in [2.75, 3.05) is 44.2 Å². The Morgan fingerprint density at radius 3 is 2.52 bits per heavy atom. The van der Waals surface area contributed by atoms with Gasteiger partial charge in [0.15, 0.2) is 0 Å². The van der Waals surface area contributed by atoms with E-state index >= 15 is 0 Å². The van der Waals surface area contributed by atoms with Crippen LogP contribution in [0, 0.1) is 0 Å². The van der Waals surface area contributed by atoms with Crippen LogP contribution in [0.4, 0.5) is 5.95 Å². The van der Waals surface area contributed by atoms with Crippen LogP contribution >= 0.6 is 0 Å². The summed E-state index contributed by atoms with van der Waals surface area (Å²) in [6.45, 7) is 14.0. The molecule has 0 amide bonds. The maximum atomic E-state index is 4.32. The second-order valence-corrected chi connectivity index (χ2v) is 6.10. The van der Waals surface area contributed by atoms with Crippen LogP contribution < -0.4 is 4.90 Å². The van der Waals surface area contributed by atoms with E-state index in [2.05, 4.69) is 45.4 Å². The van der Waals surface area contributed by atoms with Gasteiger partial charge in [0, 0.05) is 58.0 Å². The quantitative estimate of drug-likeness (QED) is 0.418. The van der Waals surface area contributed by atoms with Gasteiger partial charge in [-0.3, -0.25) is 9.91 Å². The van der Waals surface area contributed by atoms with E-state index < -0.39 is 0 Å². The zero-order valence-corrected chi connectivity index (χ0v) is 14.4. The minimum absolute atomic E-state index is 0.849. The van der Waals surface area contributed by atoms with Crippen molar-refractivity contribution in [2.24, 2.45) is 5.10 Å². The molecule has 0 unspecified atom stereocenters. The molecule has 0 saturated carbocycles. The van der Waals surface area contributed by atoms with E-state index in [1.165, 1.54) is 12.0 Å². The minimum Gasteiger partial charge on any atom is -0.338 e. The molecule has 1 aliphatic rings. The Balaban J connectivity index is 1.63. The molecule has 6 heteroatoms. The molecule has 0 spiro atoms. The second kappa shape index (κ2) is 9.25. The number of anilines is 1. The summed E-state index contributed by atoms with van der Waals surface area (Å²) in [5, 5.41) is 5.96. The highest BCUT2D eigenvalue weighted by molar-refractivity contribution is 5.29. The monoisotopic (exact) mass is 316 g/mol. The van der Waals surface area contributed by atoms with E-state index in [0.29, 0.717) is 0 Å². The molecule has 0 atom stereocenters. The third-order valence-corrected chi connectivity index (χ3v) is 3.91. The summed E-state index contributed by atoms with van der Waals surface area (Å²) in [6.07, 6.45) is 7.97. The Bertz CT molecular complexity index is 489. The first-order valence-electron chi connectivity index (χ1n) is 8.31. The van der Waals surface area contributed by atoms with Crippen molar-refractivity contribution in [3.05, 3.63) is 30.2 Å². The fraction of sp³-hybridized carbons (Fsp3) is 0.588. The number of hydrazone groups is 1. The Morgan fingerprint density at radius 2 is 1.91 bits per heavy atom. The van der Waals surface area contributed by atoms with Gasteiger partial charge in [0.25, 0.3) is 0 Å². The molecule has 126 valence electrons. The Hall–Kier alpha value is -1.95. The molecule has 1 saturated heterocycles. The third-order valence-electron chi connectivity index (χ3n) is 3.91. The zero-order valence-electron chi connectivity index (χ0n) is 14.4. The molecular weight excluding hydrogens is 288 g/mol. The van der Waals surface area contributed by atoms with E-state index in [4.69, 9.17) is 0 Å². The zero-order chi connectivity index (χ0) is 16.5. The number of allylic oxidation sites excluding steroid dienone is 1. The van der Waals surface area contributed by atoms with Crippen LogP contribution in [-0.4, -0.2) is 65.9 Å². The molecule has 1 aliphatic heterocycles. The van der Waals surface area contributed by atoms with Gasteiger partial charge in [-0.25, -0.2) is 9.97 Å². The van der Waals surface area contributed by atoms with Gasteiger partial charge in [0.1, 0.15) is 0 Å². The van der Waals surface area contributed by atoms with Crippen molar-refractivity contribution in [1.29, 1.82) is 0 Å². The van der Waals surface area contributed by atoms with Crippen molar-refractivity contribution < 1.29 is 0 Å². The highest BCUT2D eigenvalue weighted by atomic mass is 15.4. The van der Waals surface area contributed by atoms with Gasteiger partial charge in [0.2, 0.25) is 5.95 Å². The van der Waals surface area contributed by atoms with Gasteiger partial charge in [-0.1, -0.05) is 5.57 Å². The summed E-state index contributed by atoms with van der Waals surface area (Å²) in [6, 6.07) is 1.86. The van der Waals surface area contributed by atoms with Crippen molar-refractivity contribution in [3.63, 3.8) is 0 Å². The number of hydrogen-bond donors (Lipinski definition) is 0. The largest absolute Gasteiger partial charge is 0.338 e. The van der Waals surface area contributed by atoms with Gasteiger partial charge in [-0.05, 0) is 39.3 Å². The van der Waals surface area contributed by atoms with Crippen molar-refractivity contribution in [1.82, 2.24) is 19.9 Å². The average molecular weight is 316 g/mol. The predicted octanol–water partition coefficient (Wildman–Crippen LogP) is 2.22. The first kappa shape index (κ1) is 17.4. The van der Waals surface area contributed by atoms with Crippen LogP contribution in [0.1, 0.15) is 26.7 Å². The number of unbranched alkanes of at least 4 members (excludes halogenated alkanes) is 1. The van der Waals surface area contributed by atoms with Gasteiger partial charge in [-0.2, -0.15) is 5.10 Å². The summed E-state index contributed by atoms with van der Waals surface area (Å²) in [4.78, 5) is 13.4. The number of rotatable bonds is 8. The molecule has 2 heterocycles. The smallest absolute Gasteiger partial charge is 0.225 e. The normalized spacial score (nSPS) is 15.3. The molecular formula is C17H28N6. The lowest BCUT2D eigenvalue weighted by molar-refractivity contribution is 0.246. The van der Waals surface area contributed by atoms with Gasteiger partial charge < -0.3 is 4.90 Å². The lowest BCUT2D eigenvalue weighted by Gasteiger charge is -2.34. The van der Waals surface area contributed by atoms with Crippen LogP contribution in [0.15, 0.2) is 35.3 Å². The van der Waals surface area contributed by atoms with E-state index in [9.17, 15) is 0 Å². The number of piperazine rings is 1. The second-order valence-electron chi connectivity index (χ2n) is 6.10. The summed E-state index contributed by atoms with van der Waals surface area (Å²) >= 11 is 0. The van der Waals surface area contributed by atoms with Crippen LogP contribution in [-0.2, 0) is 0 Å². The molecule has 0 aliphatic carbocycles. The predicted molar refractivity (Wildman–Crippen MR) is 95.6 cm³/mol. The topological polar surface area (TPSA) is 47.9 Å². The fourth-order valence-corrected chi connectivity index (χ4v) is 2.71. The van der Waals surface area contributed by atoms with E-state index in [-0.39, 0.29) is 0 Å². The Morgan fingerprint density at radius 1 is 1.22 bits per heavy atom. The summed E-state index contributed by atoms with van der Waals surface area (Å²) in [7, 11) is 0. The number of aromatic nitrogens is 2. The van der Waals surface area contributed by atoms with E-state index in [0.717, 1.165) is 51.6 Å². The van der Waals surface area contributed by atoms with Gasteiger partial charge >= 0.3 is 0 Å². The molecule has 1 fully saturated rings. The SMILES string of the molecule is C=NN(C=C(C)C)CCCCN1CCN(c2ncccn2)CC1. The van der Waals surface area contributed by atoms with E-state index in [1.54, 1.807) is 12.4 Å². The molecule has 0 radical (unpaired) electrons. The molecule has 1 aromatic heterocycles. The lowest BCUT2D eigenvalue weighted by atomic mass is 10.2. The molecule has 2 rings (SSSR count). The third kappa shape index (κ3) is 5.98. The van der Waals surface area contributed by atoms with Crippen LogP contribution in [0.2, 0.25) is 0 Å². The minimum atomic E-state index is 0.849. The Labute approximate surface area is 139 Å².